The molecule has 0 amide bonds. The Bertz CT molecular complexity index is 2340. The first kappa shape index (κ1) is 35.6. The summed E-state index contributed by atoms with van der Waals surface area (Å²) in [5.41, 5.74) is 4.94. The fraction of sp³-hybridized carbons (Fsp3) is 0.114. The molecule has 254 valence electrons. The van der Waals surface area contributed by atoms with Gasteiger partial charge in [0.05, 0.1) is 9.79 Å². The second-order valence-electron chi connectivity index (χ2n) is 11.1. The third kappa shape index (κ3) is 8.86. The number of hydrogen-bond donors (Lipinski definition) is 4. The standard InChI is InChI=1S/C35H32N2O9S3/c1-2-37(24-26-8-6-10-32(22-26)48(41,42)43)30-19-15-28(16-20-30)35(33-11-3-4-12-34(33)49(44,45)46)27-13-17-29(18-14-27)36-23-25-7-5-9-31(21-25)47(38,39)40/h3-22H,2,23-24H2,1H3,(H3,38,39,40,41,42,43,44,45,46)/p+1. The summed E-state index contributed by atoms with van der Waals surface area (Å²) in [6.45, 7) is 3.14. The van der Waals surface area contributed by atoms with Gasteiger partial charge in [0, 0.05) is 35.5 Å². The van der Waals surface area contributed by atoms with Crippen molar-refractivity contribution in [2.45, 2.75) is 34.7 Å². The van der Waals surface area contributed by atoms with E-state index in [9.17, 15) is 38.9 Å². The third-order valence-corrected chi connectivity index (χ3v) is 10.4. The Kier molecular flexibility index (Phi) is 10.5. The molecule has 0 radical (unpaired) electrons. The van der Waals surface area contributed by atoms with Gasteiger partial charge in [-0.2, -0.15) is 25.3 Å². The van der Waals surface area contributed by atoms with E-state index in [-0.39, 0.29) is 26.8 Å². The molecular formula is C35H33N2O9S3+. The Morgan fingerprint density at radius 1 is 0.653 bits per heavy atom. The molecule has 0 aliphatic heterocycles. The van der Waals surface area contributed by atoms with E-state index in [4.69, 9.17) is 0 Å². The Hall–Kier alpha value is -4.70. The Balaban J connectivity index is 1.50. The number of rotatable bonds is 11. The van der Waals surface area contributed by atoms with Crippen LogP contribution in [0.15, 0.2) is 142 Å². The van der Waals surface area contributed by atoms with Crippen LogP contribution in [0.25, 0.3) is 5.57 Å². The molecule has 0 saturated heterocycles. The average molecular weight is 722 g/mol. The van der Waals surface area contributed by atoms with Gasteiger partial charge in [-0.05, 0) is 83.8 Å². The molecule has 0 atom stereocenters. The molecule has 14 heteroatoms. The monoisotopic (exact) mass is 721 g/mol. The van der Waals surface area contributed by atoms with E-state index in [0.29, 0.717) is 46.6 Å². The van der Waals surface area contributed by atoms with E-state index in [2.05, 4.69) is 5.32 Å². The van der Waals surface area contributed by atoms with Gasteiger partial charge in [0.25, 0.3) is 30.4 Å². The Morgan fingerprint density at radius 3 is 1.80 bits per heavy atom. The second kappa shape index (κ2) is 14.4. The molecule has 0 aromatic heterocycles. The molecule has 4 aromatic rings. The SMILES string of the molecule is CC[N+](Cc1cccc(S(=O)(=O)O)c1)=C1C=CC(=C(c2ccc(NCc3cccc(S(=O)(=O)O)c3)cc2)c2ccccc2S(=O)(=O)O)C=C1. The van der Waals surface area contributed by atoms with Crippen LogP contribution in [-0.2, 0) is 43.4 Å². The average Bonchev–Trinajstić information content (AvgIpc) is 3.07. The van der Waals surface area contributed by atoms with E-state index >= 15 is 0 Å². The zero-order valence-corrected chi connectivity index (χ0v) is 28.6. The van der Waals surface area contributed by atoms with Crippen LogP contribution in [-0.4, -0.2) is 55.7 Å². The van der Waals surface area contributed by atoms with Gasteiger partial charge in [-0.15, -0.1) is 0 Å². The highest BCUT2D eigenvalue weighted by atomic mass is 32.2. The highest BCUT2D eigenvalue weighted by molar-refractivity contribution is 7.86. The maximum Gasteiger partial charge on any atom is 0.295 e. The van der Waals surface area contributed by atoms with Gasteiger partial charge >= 0.3 is 0 Å². The predicted octanol–water partition coefficient (Wildman–Crippen LogP) is 5.64. The smallest absolute Gasteiger partial charge is 0.295 e. The molecule has 49 heavy (non-hydrogen) atoms. The third-order valence-electron chi connectivity index (χ3n) is 7.77. The zero-order chi connectivity index (χ0) is 35.4. The van der Waals surface area contributed by atoms with Crippen molar-refractivity contribution < 1.29 is 43.5 Å². The summed E-state index contributed by atoms with van der Waals surface area (Å²) in [7, 11) is -13.3. The van der Waals surface area contributed by atoms with E-state index in [1.165, 1.54) is 42.5 Å². The van der Waals surface area contributed by atoms with Crippen molar-refractivity contribution >= 4 is 47.3 Å². The van der Waals surface area contributed by atoms with Crippen molar-refractivity contribution in [1.82, 2.24) is 0 Å². The van der Waals surface area contributed by atoms with E-state index < -0.39 is 30.4 Å². The Morgan fingerprint density at radius 2 is 1.22 bits per heavy atom. The number of nitrogens with zero attached hydrogens (tertiary/aromatic N) is 1. The van der Waals surface area contributed by atoms with Gasteiger partial charge in [0.1, 0.15) is 11.4 Å². The number of allylic oxidation sites excluding steroid dienone is 5. The lowest BCUT2D eigenvalue weighted by molar-refractivity contribution is -0.539. The first-order chi connectivity index (χ1) is 23.1. The van der Waals surface area contributed by atoms with Crippen LogP contribution in [0.5, 0.6) is 0 Å². The van der Waals surface area contributed by atoms with Gasteiger partial charge in [0.2, 0.25) is 0 Å². The van der Waals surface area contributed by atoms with Crippen molar-refractivity contribution in [2.24, 2.45) is 0 Å². The largest absolute Gasteiger partial charge is 0.381 e. The second-order valence-corrected chi connectivity index (χ2v) is 15.3. The maximum atomic E-state index is 12.4. The lowest BCUT2D eigenvalue weighted by Crippen LogP contribution is -2.19. The molecule has 0 spiro atoms. The van der Waals surface area contributed by atoms with Crippen molar-refractivity contribution in [3.05, 3.63) is 149 Å². The number of anilines is 1. The van der Waals surface area contributed by atoms with E-state index in [1.807, 2.05) is 35.8 Å². The Labute approximate surface area is 285 Å². The van der Waals surface area contributed by atoms with Crippen LogP contribution >= 0.6 is 0 Å². The van der Waals surface area contributed by atoms with Crippen LogP contribution in [0.2, 0.25) is 0 Å². The summed E-state index contributed by atoms with van der Waals surface area (Å²) in [5, 5.41) is 3.20. The minimum Gasteiger partial charge on any atom is -0.381 e. The van der Waals surface area contributed by atoms with Gasteiger partial charge < -0.3 is 5.32 Å². The molecule has 5 rings (SSSR count). The zero-order valence-electron chi connectivity index (χ0n) is 26.1. The molecule has 11 nitrogen and oxygen atoms in total. The molecule has 0 heterocycles. The fourth-order valence-electron chi connectivity index (χ4n) is 5.40. The normalized spacial score (nSPS) is 13.4. The lowest BCUT2D eigenvalue weighted by Gasteiger charge is -2.17. The van der Waals surface area contributed by atoms with Crippen LogP contribution in [0, 0.1) is 0 Å². The summed E-state index contributed by atoms with van der Waals surface area (Å²) in [6, 6.07) is 25.3. The molecule has 1 aliphatic rings. The molecule has 0 unspecified atom stereocenters. The fourth-order valence-corrected chi connectivity index (χ4v) is 7.20. The predicted molar refractivity (Wildman–Crippen MR) is 186 cm³/mol. The van der Waals surface area contributed by atoms with Crippen molar-refractivity contribution in [3.8, 4) is 0 Å². The molecular weight excluding hydrogens is 689 g/mol. The van der Waals surface area contributed by atoms with Crippen LogP contribution < -0.4 is 5.32 Å². The minimum atomic E-state index is -4.59. The molecule has 0 fully saturated rings. The summed E-state index contributed by atoms with van der Waals surface area (Å²) in [5.74, 6) is 0. The number of hydrogen-bond acceptors (Lipinski definition) is 7. The number of benzene rings is 4. The molecule has 0 saturated carbocycles. The van der Waals surface area contributed by atoms with Gasteiger partial charge in [-0.25, -0.2) is 4.58 Å². The molecule has 4 aromatic carbocycles. The van der Waals surface area contributed by atoms with E-state index in [1.54, 1.807) is 54.6 Å². The van der Waals surface area contributed by atoms with Crippen molar-refractivity contribution in [2.75, 3.05) is 11.9 Å². The summed E-state index contributed by atoms with van der Waals surface area (Å²) < 4.78 is 102. The van der Waals surface area contributed by atoms with Crippen LogP contribution in [0.4, 0.5) is 5.69 Å². The minimum absolute atomic E-state index is 0.194. The van der Waals surface area contributed by atoms with Crippen molar-refractivity contribution in [1.29, 1.82) is 0 Å². The van der Waals surface area contributed by atoms with Gasteiger partial charge in [0.15, 0.2) is 12.3 Å². The lowest BCUT2D eigenvalue weighted by atomic mass is 9.90. The van der Waals surface area contributed by atoms with Crippen molar-refractivity contribution in [3.63, 3.8) is 0 Å². The van der Waals surface area contributed by atoms with Crippen LogP contribution in [0.1, 0.15) is 29.2 Å². The van der Waals surface area contributed by atoms with E-state index in [0.717, 1.165) is 5.71 Å². The first-order valence-corrected chi connectivity index (χ1v) is 19.2. The maximum absolute atomic E-state index is 12.4. The summed E-state index contributed by atoms with van der Waals surface area (Å²) in [4.78, 5) is -0.664. The van der Waals surface area contributed by atoms with Crippen LogP contribution in [0.3, 0.4) is 0 Å². The highest BCUT2D eigenvalue weighted by Gasteiger charge is 2.22. The molecule has 1 aliphatic carbocycles. The number of nitrogens with one attached hydrogen (secondary N) is 1. The van der Waals surface area contributed by atoms with Gasteiger partial charge in [-0.1, -0.05) is 54.6 Å². The molecule has 4 N–H and O–H groups in total. The van der Waals surface area contributed by atoms with Gasteiger partial charge in [-0.3, -0.25) is 13.7 Å². The summed E-state index contributed by atoms with van der Waals surface area (Å²) >= 11 is 0. The molecule has 0 bridgehead atoms. The summed E-state index contributed by atoms with van der Waals surface area (Å²) in [6.07, 6.45) is 7.38. The first-order valence-electron chi connectivity index (χ1n) is 14.9. The highest BCUT2D eigenvalue weighted by Crippen LogP contribution is 2.34. The topological polar surface area (TPSA) is 178 Å². The quantitative estimate of drug-likeness (QED) is 0.112.